The van der Waals surface area contributed by atoms with Gasteiger partial charge in [0.1, 0.15) is 5.92 Å². The molecule has 2 aliphatic rings. The molecule has 0 radical (unpaired) electrons. The summed E-state index contributed by atoms with van der Waals surface area (Å²) in [6, 6.07) is 7.85. The van der Waals surface area contributed by atoms with Crippen molar-refractivity contribution < 1.29 is 14.3 Å². The van der Waals surface area contributed by atoms with E-state index in [1.165, 1.54) is 0 Å². The van der Waals surface area contributed by atoms with Crippen LogP contribution in [-0.4, -0.2) is 18.7 Å². The number of ether oxygens (including phenoxy) is 2. The zero-order valence-electron chi connectivity index (χ0n) is 10.4. The third-order valence-electron chi connectivity index (χ3n) is 3.27. The number of carbonyl (C=O) groups excluding carboxylic acids is 1. The van der Waals surface area contributed by atoms with Crippen LogP contribution in [0.5, 0.6) is 11.5 Å². The summed E-state index contributed by atoms with van der Waals surface area (Å²) in [5.74, 6) is 0.556. The average Bonchev–Trinajstić information content (AvgIpc) is 3.10. The lowest BCUT2D eigenvalue weighted by atomic mass is 9.99. The van der Waals surface area contributed by atoms with Gasteiger partial charge in [0.05, 0.1) is 6.07 Å². The summed E-state index contributed by atoms with van der Waals surface area (Å²) in [5.41, 5.74) is 0.904. The normalized spacial score (nSPS) is 17.6. The number of fused-ring (bicyclic) bond motifs is 1. The van der Waals surface area contributed by atoms with Gasteiger partial charge in [0.2, 0.25) is 12.7 Å². The van der Waals surface area contributed by atoms with Gasteiger partial charge < -0.3 is 14.8 Å². The second-order valence-corrected chi connectivity index (χ2v) is 4.86. The lowest BCUT2D eigenvalue weighted by Crippen LogP contribution is -2.32. The Morgan fingerprint density at radius 1 is 1.42 bits per heavy atom. The minimum Gasteiger partial charge on any atom is -0.454 e. The first-order valence-corrected chi connectivity index (χ1v) is 6.35. The summed E-state index contributed by atoms with van der Waals surface area (Å²) >= 11 is 0. The van der Waals surface area contributed by atoms with Gasteiger partial charge in [-0.3, -0.25) is 4.79 Å². The van der Waals surface area contributed by atoms with Gasteiger partial charge in [-0.05, 0) is 37.0 Å². The predicted molar refractivity (Wildman–Crippen MR) is 66.5 cm³/mol. The Morgan fingerprint density at radius 2 is 2.21 bits per heavy atom. The van der Waals surface area contributed by atoms with Gasteiger partial charge in [0.25, 0.3) is 0 Å². The van der Waals surface area contributed by atoms with Crippen molar-refractivity contribution >= 4 is 5.91 Å². The topological polar surface area (TPSA) is 71.3 Å². The molecule has 1 fully saturated rings. The Balaban J connectivity index is 1.68. The van der Waals surface area contributed by atoms with Crippen molar-refractivity contribution in [3.8, 4) is 17.6 Å². The molecule has 1 amide bonds. The number of nitrogens with one attached hydrogen (secondary N) is 1. The standard InChI is InChI=1S/C14H14N2O3/c15-7-10(14(17)16-11-2-3-11)5-9-1-4-12-13(6-9)19-8-18-12/h1,4,6,10-11H,2-3,5,8H2,(H,16,17). The molecule has 1 aromatic carbocycles. The van der Waals surface area contributed by atoms with Crippen molar-refractivity contribution in [1.29, 1.82) is 5.26 Å². The maximum absolute atomic E-state index is 11.9. The Bertz CT molecular complexity index is 546. The van der Waals surface area contributed by atoms with Crippen LogP contribution >= 0.6 is 0 Å². The third-order valence-corrected chi connectivity index (χ3v) is 3.27. The van der Waals surface area contributed by atoms with Crippen LogP contribution in [0.1, 0.15) is 18.4 Å². The molecule has 1 N–H and O–H groups in total. The lowest BCUT2D eigenvalue weighted by Gasteiger charge is -2.10. The molecule has 0 aromatic heterocycles. The van der Waals surface area contributed by atoms with E-state index in [1.807, 2.05) is 18.2 Å². The minimum atomic E-state index is -0.652. The molecule has 1 unspecified atom stereocenters. The van der Waals surface area contributed by atoms with Crippen molar-refractivity contribution in [2.75, 3.05) is 6.79 Å². The molecule has 0 bridgehead atoms. The number of amides is 1. The summed E-state index contributed by atoms with van der Waals surface area (Å²) in [6.07, 6.45) is 2.44. The molecule has 0 saturated heterocycles. The molecule has 1 aromatic rings. The number of nitriles is 1. The molecule has 1 aliphatic carbocycles. The maximum Gasteiger partial charge on any atom is 0.237 e. The smallest absolute Gasteiger partial charge is 0.237 e. The molecule has 5 nitrogen and oxygen atoms in total. The number of benzene rings is 1. The average molecular weight is 258 g/mol. The number of rotatable bonds is 4. The number of hydrogen-bond acceptors (Lipinski definition) is 4. The van der Waals surface area contributed by atoms with E-state index >= 15 is 0 Å². The molecule has 1 saturated carbocycles. The first-order valence-electron chi connectivity index (χ1n) is 6.35. The maximum atomic E-state index is 11.9. The van der Waals surface area contributed by atoms with Gasteiger partial charge in [-0.15, -0.1) is 0 Å². The third kappa shape index (κ3) is 2.63. The van der Waals surface area contributed by atoms with Crippen LogP contribution < -0.4 is 14.8 Å². The first-order chi connectivity index (χ1) is 9.26. The van der Waals surface area contributed by atoms with Crippen molar-refractivity contribution in [3.63, 3.8) is 0 Å². The van der Waals surface area contributed by atoms with Crippen LogP contribution in [0.15, 0.2) is 18.2 Å². The van der Waals surface area contributed by atoms with Gasteiger partial charge in [0, 0.05) is 6.04 Å². The SMILES string of the molecule is N#CC(Cc1ccc2c(c1)OCO2)C(=O)NC1CC1. The van der Waals surface area contributed by atoms with E-state index in [0.717, 1.165) is 18.4 Å². The highest BCUT2D eigenvalue weighted by molar-refractivity contribution is 5.82. The number of carbonyl (C=O) groups is 1. The summed E-state index contributed by atoms with van der Waals surface area (Å²) in [4.78, 5) is 11.9. The molecule has 19 heavy (non-hydrogen) atoms. The van der Waals surface area contributed by atoms with Crippen molar-refractivity contribution in [2.45, 2.75) is 25.3 Å². The van der Waals surface area contributed by atoms with E-state index in [0.29, 0.717) is 17.9 Å². The van der Waals surface area contributed by atoms with Gasteiger partial charge in [-0.1, -0.05) is 6.07 Å². The summed E-state index contributed by atoms with van der Waals surface area (Å²) in [6.45, 7) is 0.225. The van der Waals surface area contributed by atoms with Crippen LogP contribution in [0.25, 0.3) is 0 Å². The van der Waals surface area contributed by atoms with Crippen molar-refractivity contribution in [2.24, 2.45) is 5.92 Å². The molecule has 5 heteroatoms. The Morgan fingerprint density at radius 3 is 2.95 bits per heavy atom. The molecule has 98 valence electrons. The largest absolute Gasteiger partial charge is 0.454 e. The Kier molecular flexibility index (Phi) is 3.00. The quantitative estimate of drug-likeness (QED) is 0.885. The van der Waals surface area contributed by atoms with Crippen LogP contribution in [0.3, 0.4) is 0 Å². The number of nitrogens with zero attached hydrogens (tertiary/aromatic N) is 1. The van der Waals surface area contributed by atoms with Crippen LogP contribution in [0.4, 0.5) is 0 Å². The van der Waals surface area contributed by atoms with Gasteiger partial charge in [-0.2, -0.15) is 5.26 Å². The van der Waals surface area contributed by atoms with Crippen LogP contribution in [-0.2, 0) is 11.2 Å². The van der Waals surface area contributed by atoms with Crippen LogP contribution in [0, 0.1) is 17.2 Å². The number of hydrogen-bond donors (Lipinski definition) is 1. The molecule has 1 heterocycles. The summed E-state index contributed by atoms with van der Waals surface area (Å²) < 4.78 is 10.5. The minimum absolute atomic E-state index is 0.178. The zero-order chi connectivity index (χ0) is 13.2. The fourth-order valence-corrected chi connectivity index (χ4v) is 2.03. The van der Waals surface area contributed by atoms with E-state index < -0.39 is 5.92 Å². The molecule has 0 spiro atoms. The van der Waals surface area contributed by atoms with Crippen LogP contribution in [0.2, 0.25) is 0 Å². The van der Waals surface area contributed by atoms with E-state index in [4.69, 9.17) is 14.7 Å². The summed E-state index contributed by atoms with van der Waals surface area (Å²) in [5, 5.41) is 12.0. The molecule has 3 rings (SSSR count). The van der Waals surface area contributed by atoms with Gasteiger partial charge >= 0.3 is 0 Å². The highest BCUT2D eigenvalue weighted by atomic mass is 16.7. The predicted octanol–water partition coefficient (Wildman–Crippen LogP) is 1.38. The fraction of sp³-hybridized carbons (Fsp3) is 0.429. The van der Waals surface area contributed by atoms with E-state index in [9.17, 15) is 4.79 Å². The van der Waals surface area contributed by atoms with E-state index in [2.05, 4.69) is 11.4 Å². The molecular formula is C14H14N2O3. The first kappa shape index (κ1) is 11.8. The molecule has 1 atom stereocenters. The van der Waals surface area contributed by atoms with Gasteiger partial charge in [0.15, 0.2) is 11.5 Å². The van der Waals surface area contributed by atoms with Gasteiger partial charge in [-0.25, -0.2) is 0 Å². The molecular weight excluding hydrogens is 244 g/mol. The second kappa shape index (κ2) is 4.81. The highest BCUT2D eigenvalue weighted by Crippen LogP contribution is 2.33. The monoisotopic (exact) mass is 258 g/mol. The molecule has 1 aliphatic heterocycles. The van der Waals surface area contributed by atoms with E-state index in [-0.39, 0.29) is 18.7 Å². The second-order valence-electron chi connectivity index (χ2n) is 4.86. The fourth-order valence-electron chi connectivity index (χ4n) is 2.03. The van der Waals surface area contributed by atoms with Crippen molar-refractivity contribution in [3.05, 3.63) is 23.8 Å². The highest BCUT2D eigenvalue weighted by Gasteiger charge is 2.27. The van der Waals surface area contributed by atoms with Crippen molar-refractivity contribution in [1.82, 2.24) is 5.32 Å². The summed E-state index contributed by atoms with van der Waals surface area (Å²) in [7, 11) is 0. The zero-order valence-corrected chi connectivity index (χ0v) is 10.4. The lowest BCUT2D eigenvalue weighted by molar-refractivity contribution is -0.123. The van der Waals surface area contributed by atoms with E-state index in [1.54, 1.807) is 0 Å². The Hall–Kier alpha value is -2.22. The Labute approximate surface area is 111 Å².